The lowest BCUT2D eigenvalue weighted by molar-refractivity contribution is -0.275. The molecule has 3 heterocycles. The van der Waals surface area contributed by atoms with Crippen LogP contribution in [0.1, 0.15) is 87.6 Å². The van der Waals surface area contributed by atoms with Crippen molar-refractivity contribution in [1.29, 1.82) is 0 Å². The summed E-state index contributed by atoms with van der Waals surface area (Å²) in [6.07, 6.45) is -6.84. The minimum absolute atomic E-state index is 0.0517. The average Bonchev–Trinajstić information content (AvgIpc) is 3.18. The van der Waals surface area contributed by atoms with E-state index in [0.29, 0.717) is 18.9 Å². The van der Waals surface area contributed by atoms with Gasteiger partial charge in [-0.3, -0.25) is 10.1 Å². The lowest BCUT2D eigenvalue weighted by Crippen LogP contribution is -2.53. The molecule has 0 fully saturated rings. The van der Waals surface area contributed by atoms with Crippen LogP contribution in [0.25, 0.3) is 22.0 Å². The van der Waals surface area contributed by atoms with Crippen LogP contribution < -0.4 is 25.7 Å². The Morgan fingerprint density at radius 2 is 1.66 bits per heavy atom. The Morgan fingerprint density at radius 1 is 1.04 bits per heavy atom. The molecule has 1 aromatic carbocycles. The van der Waals surface area contributed by atoms with Gasteiger partial charge in [-0.2, -0.15) is 0 Å². The van der Waals surface area contributed by atoms with E-state index >= 15 is 8.78 Å². The highest BCUT2D eigenvalue weighted by Crippen LogP contribution is 2.44. The molecule has 1 aliphatic rings. The first kappa shape index (κ1) is 45.5. The number of hydrogen-bond acceptors (Lipinski definition) is 10. The number of rotatable bonds is 10. The first-order chi connectivity index (χ1) is 25.9. The number of H-pyrrole nitrogens is 1. The third kappa shape index (κ3) is 11.4. The van der Waals surface area contributed by atoms with Crippen molar-refractivity contribution in [3.63, 3.8) is 0 Å². The van der Waals surface area contributed by atoms with Crippen molar-refractivity contribution in [2.24, 2.45) is 0 Å². The highest BCUT2D eigenvalue weighted by Gasteiger charge is 2.38. The van der Waals surface area contributed by atoms with Gasteiger partial charge in [0.1, 0.15) is 28.8 Å². The molecule has 0 radical (unpaired) electrons. The highest BCUT2D eigenvalue weighted by molar-refractivity contribution is 6.01. The van der Waals surface area contributed by atoms with Crippen molar-refractivity contribution in [2.75, 3.05) is 30.9 Å². The third-order valence-electron chi connectivity index (χ3n) is 8.11. The topological polar surface area (TPSA) is 153 Å². The summed E-state index contributed by atoms with van der Waals surface area (Å²) in [7, 11) is 1.49. The fraction of sp³-hybridized carbons (Fsp3) is 0.579. The molecule has 0 bridgehead atoms. The fourth-order valence-electron chi connectivity index (χ4n) is 5.88. The largest absolute Gasteiger partial charge is 0.573 e. The van der Waals surface area contributed by atoms with Crippen LogP contribution in [0.4, 0.5) is 43.0 Å². The van der Waals surface area contributed by atoms with Crippen LogP contribution in [0.2, 0.25) is 0 Å². The van der Waals surface area contributed by atoms with E-state index < -0.39 is 93.2 Å². The van der Waals surface area contributed by atoms with Crippen LogP contribution in [0.5, 0.6) is 11.6 Å². The Bertz CT molecular complexity index is 1940. The molecule has 0 aliphatic carbocycles. The maximum atomic E-state index is 16.8. The number of aromatic amines is 1. The van der Waals surface area contributed by atoms with Crippen LogP contribution in [0.3, 0.4) is 0 Å². The predicted octanol–water partition coefficient (Wildman–Crippen LogP) is 9.06. The Kier molecular flexibility index (Phi) is 14.6. The van der Waals surface area contributed by atoms with Crippen LogP contribution in [-0.2, 0) is 14.2 Å². The molecule has 13 nitrogen and oxygen atoms in total. The molecule has 56 heavy (non-hydrogen) atoms. The molecule has 4 rings (SSSR count). The first-order valence-corrected chi connectivity index (χ1v) is 18.2. The summed E-state index contributed by atoms with van der Waals surface area (Å²) >= 11 is 0. The molecule has 3 unspecified atom stereocenters. The monoisotopic (exact) mass is 801 g/mol. The third-order valence-corrected chi connectivity index (χ3v) is 8.11. The van der Waals surface area contributed by atoms with Crippen LogP contribution in [-0.4, -0.2) is 83.1 Å². The molecule has 3 aromatic rings. The molecule has 1 aliphatic heterocycles. The van der Waals surface area contributed by atoms with Crippen LogP contribution in [0.15, 0.2) is 16.9 Å². The summed E-state index contributed by atoms with van der Waals surface area (Å²) in [6, 6.07) is 0.0942. The Balaban J connectivity index is 0.00000414. The lowest BCUT2D eigenvalue weighted by atomic mass is 10.0. The van der Waals surface area contributed by atoms with Gasteiger partial charge in [-0.1, -0.05) is 27.2 Å². The minimum atomic E-state index is -5.43. The van der Waals surface area contributed by atoms with E-state index in [9.17, 15) is 27.6 Å². The number of aryl methyl sites for hydroxylation is 1. The standard InChI is InChI=1S/C36H46F5N5O8.C2H6/c1-11-12-20(16-50-10)46(33(49)54-35(7,8)9)15-23-18(3)51-31-25-24(17(2)30(47)45-29(25)43-23)26(38)27(44-31)21-13-19(42-32(48)53-34(4,5)6)14-22(37)28(21)52-36(39,40)41;1-2/h13-14,18,20,23H,11-12,15-16H2,1-10H3,(H,42,48)(H2,43,45,47);1-2H3. The number of pyridine rings is 2. The van der Waals surface area contributed by atoms with Gasteiger partial charge in [-0.25, -0.2) is 23.4 Å². The maximum Gasteiger partial charge on any atom is 0.573 e. The van der Waals surface area contributed by atoms with Gasteiger partial charge in [-0.15, -0.1) is 13.2 Å². The van der Waals surface area contributed by atoms with E-state index in [0.717, 1.165) is 6.07 Å². The average molecular weight is 802 g/mol. The zero-order valence-electron chi connectivity index (χ0n) is 33.8. The van der Waals surface area contributed by atoms with Crippen molar-refractivity contribution in [3.05, 3.63) is 39.7 Å². The summed E-state index contributed by atoms with van der Waals surface area (Å²) in [4.78, 5) is 47.8. The molecular weight excluding hydrogens is 749 g/mol. The second-order valence-corrected chi connectivity index (χ2v) is 14.9. The van der Waals surface area contributed by atoms with Gasteiger partial charge >= 0.3 is 18.5 Å². The number of anilines is 2. The van der Waals surface area contributed by atoms with Gasteiger partial charge in [-0.05, 0) is 67.9 Å². The Labute approximate surface area is 322 Å². The van der Waals surface area contributed by atoms with E-state index in [2.05, 4.69) is 25.3 Å². The number of carbonyl (C=O) groups is 2. The van der Waals surface area contributed by atoms with Gasteiger partial charge in [0.15, 0.2) is 17.4 Å². The number of nitrogens with one attached hydrogen (secondary N) is 3. The second kappa shape index (κ2) is 17.9. The smallest absolute Gasteiger partial charge is 0.472 e. The summed E-state index contributed by atoms with van der Waals surface area (Å²) in [5, 5.41) is 4.89. The second-order valence-electron chi connectivity index (χ2n) is 14.9. The summed E-state index contributed by atoms with van der Waals surface area (Å²) < 4.78 is 99.7. The first-order valence-electron chi connectivity index (χ1n) is 18.2. The number of aromatic nitrogens is 2. The summed E-state index contributed by atoms with van der Waals surface area (Å²) in [5.41, 5.74) is -4.98. The van der Waals surface area contributed by atoms with Crippen molar-refractivity contribution in [2.45, 2.75) is 125 Å². The van der Waals surface area contributed by atoms with Crippen molar-refractivity contribution >= 4 is 34.5 Å². The zero-order valence-corrected chi connectivity index (χ0v) is 33.8. The lowest BCUT2D eigenvalue weighted by Gasteiger charge is -2.36. The van der Waals surface area contributed by atoms with Gasteiger partial charge in [0.2, 0.25) is 5.88 Å². The summed E-state index contributed by atoms with van der Waals surface area (Å²) in [5.74, 6) is -4.78. The maximum absolute atomic E-state index is 16.8. The van der Waals surface area contributed by atoms with Crippen LogP contribution >= 0.6 is 0 Å². The Morgan fingerprint density at radius 3 is 2.21 bits per heavy atom. The molecular formula is C38H52F5N5O8. The molecule has 2 amide bonds. The number of alkyl halides is 3. The molecule has 0 saturated carbocycles. The van der Waals surface area contributed by atoms with E-state index in [1.54, 1.807) is 48.5 Å². The van der Waals surface area contributed by atoms with Gasteiger partial charge in [0.25, 0.3) is 5.56 Å². The highest BCUT2D eigenvalue weighted by atomic mass is 19.4. The number of halogens is 5. The van der Waals surface area contributed by atoms with Crippen LogP contribution in [0, 0.1) is 18.6 Å². The minimum Gasteiger partial charge on any atom is -0.472 e. The number of hydrogen-bond donors (Lipinski definition) is 3. The zero-order chi connectivity index (χ0) is 42.5. The fourth-order valence-corrected chi connectivity index (χ4v) is 5.88. The number of ether oxygens (including phenoxy) is 5. The molecule has 18 heteroatoms. The number of benzene rings is 1. The Hall–Kier alpha value is -4.87. The van der Waals surface area contributed by atoms with E-state index in [-0.39, 0.29) is 35.8 Å². The van der Waals surface area contributed by atoms with E-state index in [1.807, 2.05) is 20.8 Å². The normalized spacial score (nSPS) is 16.0. The molecule has 2 aromatic heterocycles. The van der Waals surface area contributed by atoms with Gasteiger partial charge in [0.05, 0.1) is 29.6 Å². The molecule has 312 valence electrons. The van der Waals surface area contributed by atoms with Crippen molar-refractivity contribution in [1.82, 2.24) is 14.9 Å². The number of methoxy groups -OCH3 is 1. The number of carbonyl (C=O) groups excluding carboxylic acids is 2. The number of amides is 2. The molecule has 3 atom stereocenters. The molecule has 3 N–H and O–H groups in total. The van der Waals surface area contributed by atoms with E-state index in [1.165, 1.54) is 18.9 Å². The predicted molar refractivity (Wildman–Crippen MR) is 201 cm³/mol. The molecule has 0 spiro atoms. The van der Waals surface area contributed by atoms with Gasteiger partial charge < -0.3 is 38.9 Å². The van der Waals surface area contributed by atoms with E-state index in [4.69, 9.17) is 18.9 Å². The number of nitrogens with zero attached hydrogens (tertiary/aromatic N) is 2. The quantitative estimate of drug-likeness (QED) is 0.169. The van der Waals surface area contributed by atoms with Crippen molar-refractivity contribution in [3.8, 4) is 22.9 Å². The SMILES string of the molecule is CC.CCCC(COC)N(CC1Nc2[nH]c(=O)c(C)c3c(F)c(-c4cc(NC(=O)OC(C)(C)C)cc(F)c4OC(F)(F)F)nc(c23)OC1C)C(=O)OC(C)(C)C. The summed E-state index contributed by atoms with van der Waals surface area (Å²) in [6.45, 7) is 18.7. The van der Waals surface area contributed by atoms with Gasteiger partial charge in [0, 0.05) is 36.4 Å². The van der Waals surface area contributed by atoms with Crippen molar-refractivity contribution < 1.29 is 55.2 Å². The molecule has 0 saturated heterocycles.